The van der Waals surface area contributed by atoms with E-state index >= 15 is 0 Å². The molecule has 2 heterocycles. The van der Waals surface area contributed by atoms with Gasteiger partial charge in [0.25, 0.3) is 5.91 Å². The number of furan rings is 1. The van der Waals surface area contributed by atoms with E-state index in [-0.39, 0.29) is 11.9 Å². The monoisotopic (exact) mass is 447 g/mol. The third-order valence-corrected chi connectivity index (χ3v) is 6.88. The summed E-state index contributed by atoms with van der Waals surface area (Å²) in [4.78, 5) is 26.4. The lowest BCUT2D eigenvalue weighted by molar-refractivity contribution is -0.144. The van der Waals surface area contributed by atoms with E-state index in [1.807, 2.05) is 24.3 Å². The van der Waals surface area contributed by atoms with Gasteiger partial charge in [-0.25, -0.2) is 0 Å². The van der Waals surface area contributed by atoms with Crippen LogP contribution in [0.2, 0.25) is 5.02 Å². The molecule has 2 aromatic rings. The van der Waals surface area contributed by atoms with Gasteiger partial charge in [0.05, 0.1) is 15.8 Å². The highest BCUT2D eigenvalue weighted by atomic mass is 35.5. The molecule has 8 heteroatoms. The van der Waals surface area contributed by atoms with Crippen molar-refractivity contribution in [2.24, 2.45) is 5.92 Å². The number of carbonyl (C=O) groups is 2. The number of carboxylic acid groups (broad SMARTS) is 1. The van der Waals surface area contributed by atoms with Crippen molar-refractivity contribution in [2.45, 2.75) is 31.7 Å². The minimum atomic E-state index is -0.807. The number of rotatable bonds is 4. The van der Waals surface area contributed by atoms with Gasteiger partial charge >= 0.3 is 5.97 Å². The van der Waals surface area contributed by atoms with Gasteiger partial charge in [-0.3, -0.25) is 14.5 Å². The maximum atomic E-state index is 13.0. The number of thiocarbonyl (C=S) groups is 1. The van der Waals surface area contributed by atoms with Crippen molar-refractivity contribution in [2.75, 3.05) is 0 Å². The Hall–Kier alpha value is -2.09. The largest absolute Gasteiger partial charge is 0.481 e. The van der Waals surface area contributed by atoms with E-state index < -0.39 is 11.9 Å². The summed E-state index contributed by atoms with van der Waals surface area (Å²) in [7, 11) is 0. The van der Waals surface area contributed by atoms with Gasteiger partial charge in [0.2, 0.25) is 0 Å². The van der Waals surface area contributed by atoms with E-state index in [0.717, 1.165) is 18.4 Å². The average Bonchev–Trinajstić information content (AvgIpc) is 3.27. The number of hydrogen-bond acceptors (Lipinski definition) is 5. The minimum absolute atomic E-state index is 0.168. The molecule has 4 rings (SSSR count). The van der Waals surface area contributed by atoms with Crippen LogP contribution in [0.15, 0.2) is 45.7 Å². The van der Waals surface area contributed by atoms with Gasteiger partial charge in [-0.2, -0.15) is 0 Å². The number of hydrogen-bond donors (Lipinski definition) is 1. The molecule has 5 nitrogen and oxygen atoms in total. The predicted molar refractivity (Wildman–Crippen MR) is 118 cm³/mol. The Morgan fingerprint density at radius 3 is 2.83 bits per heavy atom. The van der Waals surface area contributed by atoms with Crippen LogP contribution in [0.25, 0.3) is 17.4 Å². The smallest absolute Gasteiger partial charge is 0.306 e. The molecule has 1 saturated heterocycles. The number of thioether (sulfide) groups is 1. The van der Waals surface area contributed by atoms with E-state index in [4.69, 9.17) is 28.2 Å². The average molecular weight is 448 g/mol. The van der Waals surface area contributed by atoms with Crippen LogP contribution in [0, 0.1) is 5.92 Å². The van der Waals surface area contributed by atoms with Crippen LogP contribution in [0.1, 0.15) is 31.4 Å². The number of benzene rings is 1. The summed E-state index contributed by atoms with van der Waals surface area (Å²) in [5.74, 6) is -0.267. The summed E-state index contributed by atoms with van der Waals surface area (Å²) < 4.78 is 6.33. The SMILES string of the molecule is O=C(O)C1CCCC(N2C(=O)/C(=C\c3ccc(-c4ccccc4Cl)o3)SC2=S)C1. The summed E-state index contributed by atoms with van der Waals surface area (Å²) in [5, 5.41) is 9.91. The summed E-state index contributed by atoms with van der Waals surface area (Å²) >= 11 is 12.9. The number of aliphatic carboxylic acids is 1. The molecule has 2 atom stereocenters. The fraction of sp³-hybridized carbons (Fsp3) is 0.286. The number of amides is 1. The zero-order valence-corrected chi connectivity index (χ0v) is 17.7. The summed E-state index contributed by atoms with van der Waals surface area (Å²) in [6, 6.07) is 10.8. The molecule has 1 saturated carbocycles. The maximum absolute atomic E-state index is 13.0. The molecule has 2 aliphatic rings. The second-order valence-electron chi connectivity index (χ2n) is 7.09. The molecule has 1 aromatic heterocycles. The van der Waals surface area contributed by atoms with Crippen molar-refractivity contribution in [3.8, 4) is 11.3 Å². The van der Waals surface area contributed by atoms with Crippen molar-refractivity contribution in [3.63, 3.8) is 0 Å². The lowest BCUT2D eigenvalue weighted by Gasteiger charge is -2.32. The summed E-state index contributed by atoms with van der Waals surface area (Å²) in [6.07, 6.45) is 4.30. The Kier molecular flexibility index (Phi) is 5.81. The molecule has 1 aliphatic carbocycles. The number of carbonyl (C=O) groups excluding carboxylic acids is 1. The molecule has 1 aliphatic heterocycles. The molecule has 2 unspecified atom stereocenters. The van der Waals surface area contributed by atoms with Gasteiger partial charge in [-0.1, -0.05) is 54.1 Å². The molecular formula is C21H18ClNO4S2. The second-order valence-corrected chi connectivity index (χ2v) is 9.17. The minimum Gasteiger partial charge on any atom is -0.481 e. The molecule has 29 heavy (non-hydrogen) atoms. The molecule has 0 radical (unpaired) electrons. The fourth-order valence-corrected chi connectivity index (χ4v) is 5.39. The van der Waals surface area contributed by atoms with Crippen molar-refractivity contribution in [1.82, 2.24) is 4.90 Å². The zero-order valence-electron chi connectivity index (χ0n) is 15.3. The Morgan fingerprint density at radius 2 is 2.07 bits per heavy atom. The number of nitrogens with zero attached hydrogens (tertiary/aromatic N) is 1. The Bertz CT molecular complexity index is 1020. The van der Waals surface area contributed by atoms with E-state index in [1.54, 1.807) is 23.1 Å². The van der Waals surface area contributed by atoms with Crippen LogP contribution in [-0.2, 0) is 9.59 Å². The molecule has 1 aromatic carbocycles. The van der Waals surface area contributed by atoms with Crippen LogP contribution in [-0.4, -0.2) is 32.2 Å². The van der Waals surface area contributed by atoms with Crippen molar-refractivity contribution < 1.29 is 19.1 Å². The van der Waals surface area contributed by atoms with E-state index in [2.05, 4.69) is 0 Å². The van der Waals surface area contributed by atoms with Gasteiger partial charge in [0, 0.05) is 17.7 Å². The third kappa shape index (κ3) is 4.13. The van der Waals surface area contributed by atoms with Crippen LogP contribution in [0.4, 0.5) is 0 Å². The second kappa shape index (κ2) is 8.34. The molecule has 1 N–H and O–H groups in total. The van der Waals surface area contributed by atoms with Gasteiger partial charge < -0.3 is 9.52 Å². The maximum Gasteiger partial charge on any atom is 0.306 e. The van der Waals surface area contributed by atoms with E-state index in [1.165, 1.54) is 11.8 Å². The molecule has 0 spiro atoms. The normalized spacial score (nSPS) is 23.8. The molecule has 150 valence electrons. The summed E-state index contributed by atoms with van der Waals surface area (Å²) in [5.41, 5.74) is 0.781. The van der Waals surface area contributed by atoms with Crippen LogP contribution >= 0.6 is 35.6 Å². The first-order chi connectivity index (χ1) is 13.9. The van der Waals surface area contributed by atoms with Crippen molar-refractivity contribution in [1.29, 1.82) is 0 Å². The van der Waals surface area contributed by atoms with Crippen molar-refractivity contribution in [3.05, 3.63) is 52.1 Å². The first kappa shape index (κ1) is 20.2. The first-order valence-corrected chi connectivity index (χ1v) is 10.9. The van der Waals surface area contributed by atoms with Crippen LogP contribution in [0.5, 0.6) is 0 Å². The van der Waals surface area contributed by atoms with Gasteiger partial charge in [0.15, 0.2) is 0 Å². The van der Waals surface area contributed by atoms with Gasteiger partial charge in [-0.05, 0) is 43.5 Å². The zero-order chi connectivity index (χ0) is 20.5. The predicted octanol–water partition coefficient (Wildman–Crippen LogP) is 5.44. The topological polar surface area (TPSA) is 70.8 Å². The quantitative estimate of drug-likeness (QED) is 0.496. The molecule has 1 amide bonds. The number of halogens is 1. The third-order valence-electron chi connectivity index (χ3n) is 5.22. The van der Waals surface area contributed by atoms with Crippen molar-refractivity contribution >= 4 is 57.9 Å². The molecule has 2 fully saturated rings. The number of carboxylic acids is 1. The highest BCUT2D eigenvalue weighted by Crippen LogP contribution is 2.39. The van der Waals surface area contributed by atoms with Crippen LogP contribution < -0.4 is 0 Å². The Balaban J connectivity index is 1.54. The van der Waals surface area contributed by atoms with Gasteiger partial charge in [0.1, 0.15) is 15.8 Å². The lowest BCUT2D eigenvalue weighted by Crippen LogP contribution is -2.42. The lowest BCUT2D eigenvalue weighted by atomic mass is 9.85. The Morgan fingerprint density at radius 1 is 1.28 bits per heavy atom. The Labute approximate surface area is 182 Å². The fourth-order valence-electron chi connectivity index (χ4n) is 3.78. The molecule has 0 bridgehead atoms. The van der Waals surface area contributed by atoms with Gasteiger partial charge in [-0.15, -0.1) is 0 Å². The standard InChI is InChI=1S/C21H18ClNO4S2/c22-16-7-2-1-6-15(16)17-9-8-14(27-17)11-18-19(24)23(21(28)29-18)13-5-3-4-12(10-13)20(25)26/h1-2,6-9,11-13H,3-5,10H2,(H,25,26)/b18-11+. The molecular weight excluding hydrogens is 430 g/mol. The van der Waals surface area contributed by atoms with Crippen LogP contribution in [0.3, 0.4) is 0 Å². The highest BCUT2D eigenvalue weighted by Gasteiger charge is 2.40. The van der Waals surface area contributed by atoms with E-state index in [0.29, 0.717) is 38.6 Å². The first-order valence-electron chi connectivity index (χ1n) is 9.28. The highest BCUT2D eigenvalue weighted by molar-refractivity contribution is 8.26. The summed E-state index contributed by atoms with van der Waals surface area (Å²) in [6.45, 7) is 0. The van der Waals surface area contributed by atoms with E-state index in [9.17, 15) is 14.7 Å².